The van der Waals surface area contributed by atoms with Crippen molar-refractivity contribution < 1.29 is 9.59 Å². The molecule has 0 radical (unpaired) electrons. The number of hydrogen-bond acceptors (Lipinski definition) is 4. The van der Waals surface area contributed by atoms with Crippen LogP contribution in [-0.4, -0.2) is 54.3 Å². The lowest BCUT2D eigenvalue weighted by Gasteiger charge is -2.27. The molecule has 3 N–H and O–H groups in total. The van der Waals surface area contributed by atoms with Crippen LogP contribution in [0.3, 0.4) is 0 Å². The summed E-state index contributed by atoms with van der Waals surface area (Å²) in [5.41, 5.74) is 6.31. The molecule has 0 bridgehead atoms. The molecule has 0 unspecified atom stereocenters. The summed E-state index contributed by atoms with van der Waals surface area (Å²) in [4.78, 5) is 27.1. The van der Waals surface area contributed by atoms with E-state index in [1.54, 1.807) is 4.90 Å². The van der Waals surface area contributed by atoms with Crippen LogP contribution in [0.5, 0.6) is 0 Å². The molecule has 0 aromatic carbocycles. The van der Waals surface area contributed by atoms with Crippen molar-refractivity contribution in [2.24, 2.45) is 5.73 Å². The maximum Gasteiger partial charge on any atom is 0.254 e. The van der Waals surface area contributed by atoms with Gasteiger partial charge in [0.15, 0.2) is 0 Å². The summed E-state index contributed by atoms with van der Waals surface area (Å²) in [7, 11) is 0. The van der Waals surface area contributed by atoms with Gasteiger partial charge < -0.3 is 16.0 Å². The van der Waals surface area contributed by atoms with E-state index in [1.165, 1.54) is 4.90 Å². The molecule has 0 atom stereocenters. The van der Waals surface area contributed by atoms with Gasteiger partial charge in [-0.25, -0.2) is 0 Å². The monoisotopic (exact) mass is 238 g/mol. The van der Waals surface area contributed by atoms with Crippen LogP contribution in [0, 0.1) is 0 Å². The number of hydrogen-bond donors (Lipinski definition) is 2. The Morgan fingerprint density at radius 1 is 1.41 bits per heavy atom. The third-order valence-electron chi connectivity index (χ3n) is 3.21. The predicted octanol–water partition coefficient (Wildman–Crippen LogP) is -1.16. The van der Waals surface area contributed by atoms with Gasteiger partial charge in [-0.15, -0.1) is 0 Å². The SMILES string of the molecule is CCN1C(=O)CC(C(=O)N2CCNCC2)=C1N. The van der Waals surface area contributed by atoms with E-state index in [-0.39, 0.29) is 18.2 Å². The van der Waals surface area contributed by atoms with Crippen LogP contribution in [0.1, 0.15) is 13.3 Å². The fourth-order valence-electron chi connectivity index (χ4n) is 2.23. The van der Waals surface area contributed by atoms with E-state index >= 15 is 0 Å². The third kappa shape index (κ3) is 2.12. The van der Waals surface area contributed by atoms with Gasteiger partial charge in [-0.1, -0.05) is 0 Å². The first-order valence-electron chi connectivity index (χ1n) is 5.94. The van der Waals surface area contributed by atoms with Crippen LogP contribution < -0.4 is 11.1 Å². The molecule has 2 heterocycles. The molecule has 2 rings (SSSR count). The van der Waals surface area contributed by atoms with E-state index in [1.807, 2.05) is 6.92 Å². The number of carbonyl (C=O) groups excluding carboxylic acids is 2. The van der Waals surface area contributed by atoms with Gasteiger partial charge in [-0.2, -0.15) is 0 Å². The van der Waals surface area contributed by atoms with Crippen LogP contribution in [0.2, 0.25) is 0 Å². The zero-order chi connectivity index (χ0) is 12.4. The van der Waals surface area contributed by atoms with Crippen LogP contribution >= 0.6 is 0 Å². The second-order valence-electron chi connectivity index (χ2n) is 4.22. The Labute approximate surface area is 100 Å². The first kappa shape index (κ1) is 11.9. The second-order valence-corrected chi connectivity index (χ2v) is 4.22. The van der Waals surface area contributed by atoms with E-state index in [0.29, 0.717) is 31.0 Å². The number of rotatable bonds is 2. The van der Waals surface area contributed by atoms with Gasteiger partial charge in [-0.3, -0.25) is 14.5 Å². The number of nitrogens with two attached hydrogens (primary N) is 1. The van der Waals surface area contributed by atoms with Crippen LogP contribution in [0.25, 0.3) is 0 Å². The molecule has 6 nitrogen and oxygen atoms in total. The molecule has 1 fully saturated rings. The molecule has 0 saturated carbocycles. The van der Waals surface area contributed by atoms with Crippen molar-refractivity contribution in [1.82, 2.24) is 15.1 Å². The molecule has 0 aliphatic carbocycles. The Morgan fingerprint density at radius 2 is 2.06 bits per heavy atom. The Hall–Kier alpha value is -1.56. The molecule has 2 aliphatic rings. The van der Waals surface area contributed by atoms with Crippen molar-refractivity contribution in [3.05, 3.63) is 11.4 Å². The van der Waals surface area contributed by atoms with Crippen LogP contribution in [0.4, 0.5) is 0 Å². The molecule has 0 aromatic rings. The molecule has 0 aromatic heterocycles. The first-order chi connectivity index (χ1) is 8.15. The number of piperazine rings is 1. The lowest BCUT2D eigenvalue weighted by Crippen LogP contribution is -2.47. The van der Waals surface area contributed by atoms with Gasteiger partial charge in [0.25, 0.3) is 5.91 Å². The highest BCUT2D eigenvalue weighted by Gasteiger charge is 2.33. The Balaban J connectivity index is 2.14. The Morgan fingerprint density at radius 3 is 2.59 bits per heavy atom. The molecule has 1 saturated heterocycles. The van der Waals surface area contributed by atoms with Crippen LogP contribution in [0.15, 0.2) is 11.4 Å². The van der Waals surface area contributed by atoms with Crippen LogP contribution in [-0.2, 0) is 9.59 Å². The molecular weight excluding hydrogens is 220 g/mol. The fraction of sp³-hybridized carbons (Fsp3) is 0.636. The standard InChI is InChI=1S/C11H18N4O2/c1-2-15-9(16)7-8(10(15)12)11(17)14-5-3-13-4-6-14/h13H,2-7,12H2,1H3. The van der Waals surface area contributed by atoms with E-state index in [4.69, 9.17) is 5.73 Å². The summed E-state index contributed by atoms with van der Waals surface area (Å²) < 4.78 is 0. The second kappa shape index (κ2) is 4.75. The minimum Gasteiger partial charge on any atom is -0.385 e. The predicted molar refractivity (Wildman–Crippen MR) is 62.7 cm³/mol. The average molecular weight is 238 g/mol. The number of nitrogens with one attached hydrogen (secondary N) is 1. The van der Waals surface area contributed by atoms with Gasteiger partial charge in [-0.05, 0) is 6.92 Å². The summed E-state index contributed by atoms with van der Waals surface area (Å²) in [5.74, 6) is 0.165. The van der Waals surface area contributed by atoms with E-state index in [0.717, 1.165) is 13.1 Å². The molecule has 17 heavy (non-hydrogen) atoms. The molecular formula is C11H18N4O2. The molecule has 2 amide bonds. The fourth-order valence-corrected chi connectivity index (χ4v) is 2.23. The summed E-state index contributed by atoms with van der Waals surface area (Å²) in [5, 5.41) is 3.18. The van der Waals surface area contributed by atoms with Gasteiger partial charge in [0.2, 0.25) is 5.91 Å². The lowest BCUT2D eigenvalue weighted by atomic mass is 10.2. The van der Waals surface area contributed by atoms with E-state index in [9.17, 15) is 9.59 Å². The van der Waals surface area contributed by atoms with Gasteiger partial charge in [0.1, 0.15) is 5.82 Å². The van der Waals surface area contributed by atoms with Crippen molar-refractivity contribution in [2.45, 2.75) is 13.3 Å². The van der Waals surface area contributed by atoms with Crippen molar-refractivity contribution in [3.63, 3.8) is 0 Å². The Bertz CT molecular complexity index is 372. The molecule has 94 valence electrons. The summed E-state index contributed by atoms with van der Waals surface area (Å²) >= 11 is 0. The minimum absolute atomic E-state index is 0.0801. The summed E-state index contributed by atoms with van der Waals surface area (Å²) in [6.45, 7) is 5.31. The summed E-state index contributed by atoms with van der Waals surface area (Å²) in [6.07, 6.45) is 0.141. The van der Waals surface area contributed by atoms with Gasteiger partial charge >= 0.3 is 0 Å². The van der Waals surface area contributed by atoms with Crippen molar-refractivity contribution >= 4 is 11.8 Å². The smallest absolute Gasteiger partial charge is 0.254 e. The molecule has 0 spiro atoms. The highest BCUT2D eigenvalue weighted by molar-refractivity contribution is 6.02. The largest absolute Gasteiger partial charge is 0.385 e. The Kier molecular flexibility index (Phi) is 3.33. The van der Waals surface area contributed by atoms with Crippen molar-refractivity contribution in [1.29, 1.82) is 0 Å². The maximum absolute atomic E-state index is 12.2. The topological polar surface area (TPSA) is 78.7 Å². The van der Waals surface area contributed by atoms with Crippen molar-refractivity contribution in [2.75, 3.05) is 32.7 Å². The lowest BCUT2D eigenvalue weighted by molar-refractivity contribution is -0.130. The molecule has 2 aliphatic heterocycles. The number of amides is 2. The third-order valence-corrected chi connectivity index (χ3v) is 3.21. The highest BCUT2D eigenvalue weighted by atomic mass is 16.2. The van der Waals surface area contributed by atoms with Gasteiger partial charge in [0, 0.05) is 32.7 Å². The zero-order valence-corrected chi connectivity index (χ0v) is 10.0. The minimum atomic E-state index is -0.0895. The summed E-state index contributed by atoms with van der Waals surface area (Å²) in [6, 6.07) is 0. The highest BCUT2D eigenvalue weighted by Crippen LogP contribution is 2.22. The first-order valence-corrected chi connectivity index (χ1v) is 5.94. The maximum atomic E-state index is 12.2. The normalized spacial score (nSPS) is 21.4. The van der Waals surface area contributed by atoms with E-state index in [2.05, 4.69) is 5.32 Å². The van der Waals surface area contributed by atoms with Crippen molar-refractivity contribution in [3.8, 4) is 0 Å². The average Bonchev–Trinajstić information content (AvgIpc) is 2.64. The zero-order valence-electron chi connectivity index (χ0n) is 10.0. The number of nitrogens with zero attached hydrogens (tertiary/aromatic N) is 2. The van der Waals surface area contributed by atoms with E-state index < -0.39 is 0 Å². The van der Waals surface area contributed by atoms with Gasteiger partial charge in [0.05, 0.1) is 12.0 Å². The number of carbonyl (C=O) groups is 2. The quantitative estimate of drug-likeness (QED) is 0.636. The molecule has 6 heteroatoms.